The van der Waals surface area contributed by atoms with Crippen LogP contribution in [0.25, 0.3) is 11.1 Å². The Bertz CT molecular complexity index is 739. The van der Waals surface area contributed by atoms with E-state index in [0.29, 0.717) is 6.61 Å². The third kappa shape index (κ3) is 6.18. The largest absolute Gasteiger partial charge is 0.481 e. The lowest BCUT2D eigenvalue weighted by Gasteiger charge is -2.35. The van der Waals surface area contributed by atoms with Gasteiger partial charge in [0, 0.05) is 19.5 Å². The zero-order chi connectivity index (χ0) is 19.8. The van der Waals surface area contributed by atoms with E-state index in [9.17, 15) is 4.79 Å². The Labute approximate surface area is 168 Å². The summed E-state index contributed by atoms with van der Waals surface area (Å²) in [5, 5.41) is 8.78. The maximum atomic E-state index is 10.7. The van der Waals surface area contributed by atoms with Crippen molar-refractivity contribution in [3.8, 4) is 11.1 Å². The maximum Gasteiger partial charge on any atom is 0.303 e. The molecule has 1 saturated heterocycles. The molecule has 1 fully saturated rings. The summed E-state index contributed by atoms with van der Waals surface area (Å²) < 4.78 is 6.23. The van der Waals surface area contributed by atoms with Gasteiger partial charge in [-0.3, -0.25) is 9.69 Å². The minimum absolute atomic E-state index is 0.148. The Morgan fingerprint density at radius 1 is 1.04 bits per heavy atom. The number of rotatable bonds is 9. The molecular formula is C24H31NO3. The Morgan fingerprint density at radius 2 is 1.71 bits per heavy atom. The molecule has 2 aromatic carbocycles. The van der Waals surface area contributed by atoms with E-state index in [4.69, 9.17) is 9.84 Å². The molecule has 1 unspecified atom stereocenters. The summed E-state index contributed by atoms with van der Waals surface area (Å²) in [5.74, 6) is -0.708. The Kier molecular flexibility index (Phi) is 7.63. The lowest BCUT2D eigenvalue weighted by atomic mass is 10.0. The fraction of sp³-hybridized carbons (Fsp3) is 0.458. The average molecular weight is 382 g/mol. The molecule has 1 N–H and O–H groups in total. The van der Waals surface area contributed by atoms with Gasteiger partial charge in [-0.1, -0.05) is 54.1 Å². The first-order valence-electron chi connectivity index (χ1n) is 10.4. The van der Waals surface area contributed by atoms with Crippen LogP contribution in [0.3, 0.4) is 0 Å². The number of ether oxygens (including phenoxy) is 1. The number of unbranched alkanes of at least 4 members (excludes halogenated alkanes) is 1. The van der Waals surface area contributed by atoms with E-state index in [1.165, 1.54) is 35.1 Å². The molecule has 1 aliphatic heterocycles. The predicted molar refractivity (Wildman–Crippen MR) is 112 cm³/mol. The molecule has 1 atom stereocenters. The van der Waals surface area contributed by atoms with Crippen LogP contribution >= 0.6 is 0 Å². The van der Waals surface area contributed by atoms with Crippen LogP contribution < -0.4 is 0 Å². The van der Waals surface area contributed by atoms with Crippen LogP contribution in [-0.2, 0) is 16.1 Å². The molecule has 28 heavy (non-hydrogen) atoms. The topological polar surface area (TPSA) is 49.8 Å². The second-order valence-electron chi connectivity index (χ2n) is 7.71. The second kappa shape index (κ2) is 10.4. The molecule has 0 radical (unpaired) electrons. The molecule has 0 aliphatic carbocycles. The zero-order valence-electron chi connectivity index (χ0n) is 16.8. The van der Waals surface area contributed by atoms with E-state index in [-0.39, 0.29) is 12.6 Å². The maximum absolute atomic E-state index is 10.7. The number of carboxylic acids is 1. The highest BCUT2D eigenvalue weighted by atomic mass is 16.5. The van der Waals surface area contributed by atoms with E-state index >= 15 is 0 Å². The van der Waals surface area contributed by atoms with Gasteiger partial charge in [0.15, 0.2) is 0 Å². The Balaban J connectivity index is 1.50. The number of carboxylic acid groups (broad SMARTS) is 1. The molecule has 150 valence electrons. The number of aliphatic carboxylic acids is 1. The molecule has 0 bridgehead atoms. The third-order valence-corrected chi connectivity index (χ3v) is 5.42. The SMILES string of the molecule is Cc1ccc(-c2ccc(COC3CCCCN3CCCCC(=O)O)cc2)cc1. The smallest absolute Gasteiger partial charge is 0.303 e. The van der Waals surface area contributed by atoms with Crippen LogP contribution in [0.2, 0.25) is 0 Å². The summed E-state index contributed by atoms with van der Waals surface area (Å²) in [7, 11) is 0. The minimum Gasteiger partial charge on any atom is -0.481 e. The molecular weight excluding hydrogens is 350 g/mol. The van der Waals surface area contributed by atoms with Gasteiger partial charge >= 0.3 is 5.97 Å². The van der Waals surface area contributed by atoms with Crippen molar-refractivity contribution in [1.29, 1.82) is 0 Å². The molecule has 2 aromatic rings. The van der Waals surface area contributed by atoms with Crippen molar-refractivity contribution < 1.29 is 14.6 Å². The predicted octanol–water partition coefficient (Wildman–Crippen LogP) is 5.25. The molecule has 3 rings (SSSR count). The molecule has 4 heteroatoms. The van der Waals surface area contributed by atoms with Crippen LogP contribution in [0.1, 0.15) is 49.7 Å². The van der Waals surface area contributed by atoms with E-state index < -0.39 is 5.97 Å². The standard InChI is InChI=1S/C24H31NO3/c1-19-8-12-21(13-9-19)22-14-10-20(11-15-22)18-28-23-6-2-4-16-25(23)17-5-3-7-24(26)27/h8-15,23H,2-7,16-18H2,1H3,(H,26,27). The fourth-order valence-corrected chi connectivity index (χ4v) is 3.73. The van der Waals surface area contributed by atoms with Gasteiger partial charge in [-0.15, -0.1) is 0 Å². The monoisotopic (exact) mass is 381 g/mol. The second-order valence-corrected chi connectivity index (χ2v) is 7.71. The molecule has 0 amide bonds. The van der Waals surface area contributed by atoms with Crippen LogP contribution in [-0.4, -0.2) is 35.3 Å². The van der Waals surface area contributed by atoms with Gasteiger partial charge in [0.1, 0.15) is 6.23 Å². The van der Waals surface area contributed by atoms with Crippen molar-refractivity contribution in [3.05, 3.63) is 59.7 Å². The summed E-state index contributed by atoms with van der Waals surface area (Å²) in [4.78, 5) is 13.0. The third-order valence-electron chi connectivity index (χ3n) is 5.42. The average Bonchev–Trinajstić information content (AvgIpc) is 2.71. The molecule has 4 nitrogen and oxygen atoms in total. The van der Waals surface area contributed by atoms with Crippen molar-refractivity contribution in [2.75, 3.05) is 13.1 Å². The van der Waals surface area contributed by atoms with Gasteiger partial charge < -0.3 is 9.84 Å². The van der Waals surface area contributed by atoms with Crippen molar-refractivity contribution in [1.82, 2.24) is 4.90 Å². The lowest BCUT2D eigenvalue weighted by molar-refractivity contribution is -0.137. The molecule has 0 spiro atoms. The van der Waals surface area contributed by atoms with Crippen LogP contribution in [0.5, 0.6) is 0 Å². The number of hydrogen-bond acceptors (Lipinski definition) is 3. The molecule has 1 heterocycles. The Morgan fingerprint density at radius 3 is 2.39 bits per heavy atom. The van der Waals surface area contributed by atoms with Gasteiger partial charge in [0.2, 0.25) is 0 Å². The highest BCUT2D eigenvalue weighted by Crippen LogP contribution is 2.23. The van der Waals surface area contributed by atoms with Crippen LogP contribution in [0.15, 0.2) is 48.5 Å². The van der Waals surface area contributed by atoms with Crippen molar-refractivity contribution >= 4 is 5.97 Å². The highest BCUT2D eigenvalue weighted by Gasteiger charge is 2.22. The van der Waals surface area contributed by atoms with Gasteiger partial charge in [0.05, 0.1) is 6.61 Å². The van der Waals surface area contributed by atoms with Gasteiger partial charge in [-0.25, -0.2) is 0 Å². The number of likely N-dealkylation sites (tertiary alicyclic amines) is 1. The Hall–Kier alpha value is -2.17. The zero-order valence-corrected chi connectivity index (χ0v) is 16.8. The minimum atomic E-state index is -0.708. The molecule has 1 aliphatic rings. The number of carbonyl (C=O) groups is 1. The fourth-order valence-electron chi connectivity index (χ4n) is 3.73. The van der Waals surface area contributed by atoms with E-state index in [2.05, 4.69) is 60.4 Å². The number of hydrogen-bond donors (Lipinski definition) is 1. The summed E-state index contributed by atoms with van der Waals surface area (Å²) >= 11 is 0. The number of aryl methyl sites for hydroxylation is 1. The number of benzene rings is 2. The van der Waals surface area contributed by atoms with E-state index in [1.54, 1.807) is 0 Å². The normalized spacial score (nSPS) is 17.5. The first-order chi connectivity index (χ1) is 13.6. The van der Waals surface area contributed by atoms with Gasteiger partial charge in [0.25, 0.3) is 0 Å². The lowest BCUT2D eigenvalue weighted by Crippen LogP contribution is -2.41. The quantitative estimate of drug-likeness (QED) is 0.603. The van der Waals surface area contributed by atoms with Crippen LogP contribution in [0, 0.1) is 6.92 Å². The van der Waals surface area contributed by atoms with Gasteiger partial charge in [-0.2, -0.15) is 0 Å². The summed E-state index contributed by atoms with van der Waals surface area (Å²) in [5.41, 5.74) is 4.92. The molecule has 0 saturated carbocycles. The first kappa shape index (κ1) is 20.6. The van der Waals surface area contributed by atoms with Crippen molar-refractivity contribution in [2.24, 2.45) is 0 Å². The van der Waals surface area contributed by atoms with Gasteiger partial charge in [-0.05, 0) is 55.7 Å². The van der Waals surface area contributed by atoms with Crippen LogP contribution in [0.4, 0.5) is 0 Å². The van der Waals surface area contributed by atoms with Crippen molar-refractivity contribution in [2.45, 2.75) is 58.3 Å². The highest BCUT2D eigenvalue weighted by molar-refractivity contribution is 5.66. The molecule has 0 aromatic heterocycles. The van der Waals surface area contributed by atoms with Crippen molar-refractivity contribution in [3.63, 3.8) is 0 Å². The van der Waals surface area contributed by atoms with E-state index in [0.717, 1.165) is 32.4 Å². The summed E-state index contributed by atoms with van der Waals surface area (Å²) in [6, 6.07) is 17.2. The number of nitrogens with zero attached hydrogens (tertiary/aromatic N) is 1. The first-order valence-corrected chi connectivity index (χ1v) is 10.4. The van der Waals surface area contributed by atoms with E-state index in [1.807, 2.05) is 0 Å². The number of piperidine rings is 1. The summed E-state index contributed by atoms with van der Waals surface area (Å²) in [6.45, 7) is 4.68. The summed E-state index contributed by atoms with van der Waals surface area (Å²) in [6.07, 6.45) is 5.51.